The maximum Gasteiger partial charge on any atom is 0.0541 e. The third-order valence-corrected chi connectivity index (χ3v) is 10.4. The number of fused-ring (bicyclic) bond motifs is 6. The van der Waals surface area contributed by atoms with E-state index in [0.29, 0.717) is 5.92 Å². The number of allylic oxidation sites excluding steroid dienone is 15. The molecule has 0 N–H and O–H groups in total. The van der Waals surface area contributed by atoms with Gasteiger partial charge >= 0.3 is 0 Å². The lowest BCUT2D eigenvalue weighted by atomic mass is 9.91. The van der Waals surface area contributed by atoms with Crippen molar-refractivity contribution in [2.45, 2.75) is 25.7 Å². The van der Waals surface area contributed by atoms with Gasteiger partial charge in [0.05, 0.1) is 22.1 Å². The first-order chi connectivity index (χ1) is 25.8. The highest BCUT2D eigenvalue weighted by molar-refractivity contribution is 6.13. The third kappa shape index (κ3) is 5.73. The van der Waals surface area contributed by atoms with Crippen LogP contribution in [0.1, 0.15) is 36.8 Å². The molecule has 2 aromatic heterocycles. The van der Waals surface area contributed by atoms with E-state index in [1.54, 1.807) is 0 Å². The molecule has 2 nitrogen and oxygen atoms in total. The summed E-state index contributed by atoms with van der Waals surface area (Å²) < 4.78 is 4.73. The summed E-state index contributed by atoms with van der Waals surface area (Å²) in [5.74, 6) is 0.397. The number of aromatic nitrogens is 2. The van der Waals surface area contributed by atoms with Crippen LogP contribution >= 0.6 is 0 Å². The van der Waals surface area contributed by atoms with Crippen LogP contribution in [-0.2, 0) is 0 Å². The van der Waals surface area contributed by atoms with E-state index in [1.807, 2.05) is 13.0 Å². The minimum absolute atomic E-state index is 0.397. The maximum absolute atomic E-state index is 2.41. The Morgan fingerprint density at radius 3 is 2.10 bits per heavy atom. The molecule has 7 aromatic rings. The normalized spacial score (nSPS) is 16.2. The number of para-hydroxylation sites is 1. The molecular weight excluding hydrogens is 629 g/mol. The van der Waals surface area contributed by atoms with Crippen LogP contribution in [0, 0.1) is 0 Å². The summed E-state index contributed by atoms with van der Waals surface area (Å²) in [6, 6.07) is 38.7. The Labute approximate surface area is 305 Å². The van der Waals surface area contributed by atoms with E-state index in [9.17, 15) is 0 Å². The van der Waals surface area contributed by atoms with Gasteiger partial charge in [0.2, 0.25) is 0 Å². The Morgan fingerprint density at radius 1 is 0.577 bits per heavy atom. The van der Waals surface area contributed by atoms with E-state index in [2.05, 4.69) is 197 Å². The minimum atomic E-state index is 0.397. The van der Waals surface area contributed by atoms with E-state index < -0.39 is 0 Å². The van der Waals surface area contributed by atoms with E-state index in [4.69, 9.17) is 0 Å². The van der Waals surface area contributed by atoms with Gasteiger partial charge in [0.25, 0.3) is 0 Å². The van der Waals surface area contributed by atoms with Crippen LogP contribution in [0.3, 0.4) is 0 Å². The monoisotopic (exact) mass is 668 g/mol. The van der Waals surface area contributed by atoms with Gasteiger partial charge < -0.3 is 9.13 Å². The second kappa shape index (κ2) is 13.7. The lowest BCUT2D eigenvalue weighted by Gasteiger charge is -2.13. The number of rotatable bonds is 7. The Morgan fingerprint density at radius 2 is 1.29 bits per heavy atom. The van der Waals surface area contributed by atoms with Gasteiger partial charge in [-0.15, -0.1) is 0 Å². The van der Waals surface area contributed by atoms with Crippen LogP contribution in [0.15, 0.2) is 188 Å². The predicted octanol–water partition coefficient (Wildman–Crippen LogP) is 13.7. The zero-order valence-corrected chi connectivity index (χ0v) is 29.4. The van der Waals surface area contributed by atoms with Crippen molar-refractivity contribution in [1.29, 1.82) is 0 Å². The average Bonchev–Trinajstić information content (AvgIpc) is 3.53. The first-order valence-corrected chi connectivity index (χ1v) is 18.3. The summed E-state index contributed by atoms with van der Waals surface area (Å²) in [7, 11) is 0. The Kier molecular flexibility index (Phi) is 8.34. The number of benzene rings is 5. The SMILES string of the molecule is C\C=C/C=C\C=C\n1c2ccc(-c3ccc4c(c3)c3ccccc3n4-c3ccc(C4=CC=CCC=C4)cc3)cc2c2cc(C3C=CC=CC3)ccc21. The molecule has 0 saturated carbocycles. The van der Waals surface area contributed by atoms with Gasteiger partial charge in [-0.25, -0.2) is 0 Å². The highest BCUT2D eigenvalue weighted by Crippen LogP contribution is 2.39. The average molecular weight is 669 g/mol. The van der Waals surface area contributed by atoms with Crippen molar-refractivity contribution in [1.82, 2.24) is 9.13 Å². The zero-order chi connectivity index (χ0) is 34.9. The molecule has 0 saturated heterocycles. The molecule has 2 heteroatoms. The van der Waals surface area contributed by atoms with Crippen molar-refractivity contribution in [3.8, 4) is 16.8 Å². The first kappa shape index (κ1) is 31.6. The summed E-state index contributed by atoms with van der Waals surface area (Å²) >= 11 is 0. The summed E-state index contributed by atoms with van der Waals surface area (Å²) in [4.78, 5) is 0. The van der Waals surface area contributed by atoms with Crippen molar-refractivity contribution in [2.75, 3.05) is 0 Å². The van der Waals surface area contributed by atoms with Gasteiger partial charge in [-0.3, -0.25) is 0 Å². The molecule has 0 fully saturated rings. The Hall–Kier alpha value is -6.38. The van der Waals surface area contributed by atoms with Gasteiger partial charge in [-0.2, -0.15) is 0 Å². The van der Waals surface area contributed by atoms with Crippen LogP contribution < -0.4 is 0 Å². The van der Waals surface area contributed by atoms with Crippen LogP contribution in [0.25, 0.3) is 72.2 Å². The van der Waals surface area contributed by atoms with E-state index in [-0.39, 0.29) is 0 Å². The van der Waals surface area contributed by atoms with Crippen molar-refractivity contribution in [3.05, 3.63) is 199 Å². The number of nitrogens with zero attached hydrogens (tertiary/aromatic N) is 2. The van der Waals surface area contributed by atoms with E-state index in [0.717, 1.165) is 12.8 Å². The molecule has 9 rings (SSSR count). The van der Waals surface area contributed by atoms with Gasteiger partial charge in [0.1, 0.15) is 0 Å². The van der Waals surface area contributed by atoms with Gasteiger partial charge in [-0.1, -0.05) is 128 Å². The molecule has 0 aliphatic heterocycles. The van der Waals surface area contributed by atoms with Crippen molar-refractivity contribution < 1.29 is 0 Å². The largest absolute Gasteiger partial charge is 0.316 e. The second-order valence-corrected chi connectivity index (χ2v) is 13.6. The molecule has 52 heavy (non-hydrogen) atoms. The van der Waals surface area contributed by atoms with Gasteiger partial charge in [-0.05, 0) is 108 Å². The first-order valence-electron chi connectivity index (χ1n) is 18.3. The topological polar surface area (TPSA) is 9.86 Å². The number of hydrogen-bond acceptors (Lipinski definition) is 0. The van der Waals surface area contributed by atoms with Crippen LogP contribution in [-0.4, -0.2) is 9.13 Å². The van der Waals surface area contributed by atoms with Crippen LogP contribution in [0.5, 0.6) is 0 Å². The molecule has 5 aromatic carbocycles. The second-order valence-electron chi connectivity index (χ2n) is 13.6. The smallest absolute Gasteiger partial charge is 0.0541 e. The Balaban J connectivity index is 1.16. The lowest BCUT2D eigenvalue weighted by Crippen LogP contribution is -1.96. The standard InChI is InChI=1S/C50H40N2/c1-2-3-4-7-15-32-51-47-29-24-39(37-18-11-8-12-19-37)33-45(47)46-35-40(25-30-48(46)51)41-26-31-50-44(34-41)43-20-13-14-21-49(43)52(50)42-27-22-38(23-28-42)36-16-9-5-6-10-17-36/h2-5,7-18,20-35,37H,6,19H2,1H3/b3-2-,7-4-,32-15+. The molecular formula is C50H40N2. The Bertz CT molecular complexity index is 2730. The van der Waals surface area contributed by atoms with Gasteiger partial charge in [0, 0.05) is 39.4 Å². The predicted molar refractivity (Wildman–Crippen MR) is 225 cm³/mol. The summed E-state index contributed by atoms with van der Waals surface area (Å²) in [6.45, 7) is 2.04. The highest BCUT2D eigenvalue weighted by atomic mass is 15.0. The molecule has 0 spiro atoms. The van der Waals surface area contributed by atoms with E-state index in [1.165, 1.54) is 77.1 Å². The van der Waals surface area contributed by atoms with Crippen molar-refractivity contribution in [3.63, 3.8) is 0 Å². The molecule has 0 bridgehead atoms. The quantitative estimate of drug-likeness (QED) is 0.150. The zero-order valence-electron chi connectivity index (χ0n) is 29.4. The molecule has 1 atom stereocenters. The third-order valence-electron chi connectivity index (χ3n) is 10.4. The van der Waals surface area contributed by atoms with Gasteiger partial charge in [0.15, 0.2) is 0 Å². The molecule has 0 amide bonds. The van der Waals surface area contributed by atoms with E-state index >= 15 is 0 Å². The fourth-order valence-corrected chi connectivity index (χ4v) is 7.85. The molecule has 0 radical (unpaired) electrons. The molecule has 2 heterocycles. The maximum atomic E-state index is 2.41. The number of hydrogen-bond donors (Lipinski definition) is 0. The highest BCUT2D eigenvalue weighted by Gasteiger charge is 2.17. The minimum Gasteiger partial charge on any atom is -0.316 e. The summed E-state index contributed by atoms with van der Waals surface area (Å²) in [5, 5.41) is 5.07. The fraction of sp³-hybridized carbons (Fsp3) is 0.0800. The summed E-state index contributed by atoms with van der Waals surface area (Å²) in [5.41, 5.74) is 12.3. The van der Waals surface area contributed by atoms with Crippen molar-refractivity contribution in [2.24, 2.45) is 0 Å². The fourth-order valence-electron chi connectivity index (χ4n) is 7.85. The molecule has 2 aliphatic rings. The summed E-state index contributed by atoms with van der Waals surface area (Å²) in [6.07, 6.45) is 34.4. The molecule has 2 aliphatic carbocycles. The van der Waals surface area contributed by atoms with Crippen molar-refractivity contribution >= 4 is 55.4 Å². The van der Waals surface area contributed by atoms with Crippen LogP contribution in [0.4, 0.5) is 0 Å². The molecule has 250 valence electrons. The van der Waals surface area contributed by atoms with Crippen LogP contribution in [0.2, 0.25) is 0 Å². The lowest BCUT2D eigenvalue weighted by molar-refractivity contribution is 0.855. The molecule has 1 unspecified atom stereocenters.